The van der Waals surface area contributed by atoms with E-state index in [9.17, 15) is 9.59 Å². The lowest BCUT2D eigenvalue weighted by atomic mass is 10.0. The Morgan fingerprint density at radius 2 is 1.84 bits per heavy atom. The molecule has 1 heterocycles. The summed E-state index contributed by atoms with van der Waals surface area (Å²) >= 11 is 0. The molecule has 1 N–H and O–H groups in total. The van der Waals surface area contributed by atoms with Crippen LogP contribution in [0.25, 0.3) is 0 Å². The van der Waals surface area contributed by atoms with Crippen molar-refractivity contribution in [3.8, 4) is 6.07 Å². The molecule has 0 aliphatic rings. The molecule has 0 aliphatic carbocycles. The summed E-state index contributed by atoms with van der Waals surface area (Å²) in [6, 6.07) is 1.94. The topological polar surface area (TPSA) is 79.8 Å². The second kappa shape index (κ2) is 5.74. The van der Waals surface area contributed by atoms with Gasteiger partial charge < -0.3 is 5.32 Å². The SMILES string of the molecule is CCC(C)C(C)Nc1c(C#N)c(=O)n(C)c(=O)n1C. The molecule has 0 spiro atoms. The van der Waals surface area contributed by atoms with E-state index in [1.807, 2.05) is 13.0 Å². The van der Waals surface area contributed by atoms with Crippen LogP contribution in [0.5, 0.6) is 0 Å². The van der Waals surface area contributed by atoms with E-state index in [4.69, 9.17) is 5.26 Å². The van der Waals surface area contributed by atoms with E-state index in [2.05, 4.69) is 19.2 Å². The minimum atomic E-state index is -0.565. The fourth-order valence-corrected chi connectivity index (χ4v) is 1.83. The predicted molar refractivity (Wildman–Crippen MR) is 74.2 cm³/mol. The van der Waals surface area contributed by atoms with Crippen LogP contribution >= 0.6 is 0 Å². The monoisotopic (exact) mass is 264 g/mol. The highest BCUT2D eigenvalue weighted by molar-refractivity contribution is 5.51. The van der Waals surface area contributed by atoms with Crippen LogP contribution in [-0.4, -0.2) is 15.2 Å². The first-order valence-electron chi connectivity index (χ1n) is 6.31. The van der Waals surface area contributed by atoms with E-state index < -0.39 is 11.2 Å². The first-order chi connectivity index (χ1) is 8.84. The molecule has 0 amide bonds. The zero-order valence-corrected chi connectivity index (χ0v) is 12.0. The molecule has 104 valence electrons. The van der Waals surface area contributed by atoms with Gasteiger partial charge in [-0.1, -0.05) is 20.3 Å². The summed E-state index contributed by atoms with van der Waals surface area (Å²) < 4.78 is 2.25. The zero-order chi connectivity index (χ0) is 14.7. The molecule has 0 saturated carbocycles. The fourth-order valence-electron chi connectivity index (χ4n) is 1.83. The number of nitrogens with one attached hydrogen (secondary N) is 1. The number of hydrogen-bond acceptors (Lipinski definition) is 4. The van der Waals surface area contributed by atoms with Crippen LogP contribution in [0.3, 0.4) is 0 Å². The third-order valence-corrected chi connectivity index (χ3v) is 3.64. The normalized spacial score (nSPS) is 13.7. The van der Waals surface area contributed by atoms with Crippen LogP contribution in [0.1, 0.15) is 32.8 Å². The van der Waals surface area contributed by atoms with Crippen LogP contribution in [0.2, 0.25) is 0 Å². The molecule has 0 radical (unpaired) electrons. The summed E-state index contributed by atoms with van der Waals surface area (Å²) in [6.07, 6.45) is 0.967. The first-order valence-corrected chi connectivity index (χ1v) is 6.31. The highest BCUT2D eigenvalue weighted by Crippen LogP contribution is 2.15. The second-order valence-electron chi connectivity index (χ2n) is 4.86. The van der Waals surface area contributed by atoms with Crippen LogP contribution in [0.15, 0.2) is 9.59 Å². The molecular weight excluding hydrogens is 244 g/mol. The standard InChI is InChI=1S/C13H20N4O2/c1-6-8(2)9(3)15-11-10(7-14)12(18)17(5)13(19)16(11)4/h8-9,15H,6H2,1-5H3. The highest BCUT2D eigenvalue weighted by atomic mass is 16.2. The molecule has 1 rings (SSSR count). The highest BCUT2D eigenvalue weighted by Gasteiger charge is 2.18. The van der Waals surface area contributed by atoms with E-state index in [1.54, 1.807) is 7.05 Å². The summed E-state index contributed by atoms with van der Waals surface area (Å²) in [4.78, 5) is 23.8. The largest absolute Gasteiger partial charge is 0.367 e. The molecule has 2 atom stereocenters. The van der Waals surface area contributed by atoms with Gasteiger partial charge in [0.15, 0.2) is 5.56 Å². The summed E-state index contributed by atoms with van der Waals surface area (Å²) in [5.74, 6) is 0.661. The molecule has 6 nitrogen and oxygen atoms in total. The lowest BCUT2D eigenvalue weighted by Crippen LogP contribution is -2.41. The molecule has 0 bridgehead atoms. The van der Waals surface area contributed by atoms with Crippen molar-refractivity contribution in [2.24, 2.45) is 20.0 Å². The number of anilines is 1. The molecule has 6 heteroatoms. The van der Waals surface area contributed by atoms with E-state index in [-0.39, 0.29) is 11.6 Å². The molecule has 1 aromatic rings. The van der Waals surface area contributed by atoms with Crippen molar-refractivity contribution in [3.05, 3.63) is 26.4 Å². The summed E-state index contributed by atoms with van der Waals surface area (Å²) in [5.41, 5.74) is -1.04. The van der Waals surface area contributed by atoms with Gasteiger partial charge in [0.05, 0.1) is 0 Å². The number of nitrogens with zero attached hydrogens (tertiary/aromatic N) is 3. The second-order valence-corrected chi connectivity index (χ2v) is 4.86. The lowest BCUT2D eigenvalue weighted by molar-refractivity contribution is 0.490. The van der Waals surface area contributed by atoms with Gasteiger partial charge in [0.1, 0.15) is 11.9 Å². The van der Waals surface area contributed by atoms with Crippen LogP contribution in [-0.2, 0) is 14.1 Å². The number of nitriles is 1. The average Bonchev–Trinajstić information content (AvgIpc) is 2.41. The van der Waals surface area contributed by atoms with E-state index >= 15 is 0 Å². The Morgan fingerprint density at radius 3 is 2.32 bits per heavy atom. The molecule has 0 aliphatic heterocycles. The minimum Gasteiger partial charge on any atom is -0.367 e. The smallest absolute Gasteiger partial charge is 0.332 e. The maximum Gasteiger partial charge on any atom is 0.332 e. The molecule has 0 saturated heterocycles. The Bertz CT molecular complexity index is 621. The van der Waals surface area contributed by atoms with Crippen LogP contribution < -0.4 is 16.6 Å². The van der Waals surface area contributed by atoms with Crippen molar-refractivity contribution in [1.29, 1.82) is 5.26 Å². The lowest BCUT2D eigenvalue weighted by Gasteiger charge is -2.23. The number of aromatic nitrogens is 2. The Hall–Kier alpha value is -2.03. The van der Waals surface area contributed by atoms with Crippen molar-refractivity contribution in [2.45, 2.75) is 33.2 Å². The van der Waals surface area contributed by atoms with Gasteiger partial charge >= 0.3 is 5.69 Å². The van der Waals surface area contributed by atoms with Gasteiger partial charge in [-0.15, -0.1) is 0 Å². The van der Waals surface area contributed by atoms with Crippen LogP contribution in [0.4, 0.5) is 5.82 Å². The number of hydrogen-bond donors (Lipinski definition) is 1. The maximum atomic E-state index is 11.9. The van der Waals surface area contributed by atoms with Gasteiger partial charge in [0.2, 0.25) is 0 Å². The van der Waals surface area contributed by atoms with Gasteiger partial charge in [-0.2, -0.15) is 5.26 Å². The van der Waals surface area contributed by atoms with Crippen molar-refractivity contribution in [1.82, 2.24) is 9.13 Å². The maximum absolute atomic E-state index is 11.9. The van der Waals surface area contributed by atoms with Crippen molar-refractivity contribution in [2.75, 3.05) is 5.32 Å². The minimum absolute atomic E-state index is 0.0280. The van der Waals surface area contributed by atoms with E-state index in [0.717, 1.165) is 11.0 Å². The summed E-state index contributed by atoms with van der Waals surface area (Å²) in [7, 11) is 2.92. The van der Waals surface area contributed by atoms with Gasteiger partial charge in [-0.3, -0.25) is 13.9 Å². The average molecular weight is 264 g/mol. The Kier molecular flexibility index (Phi) is 4.54. The Labute approximate surface area is 112 Å². The molecule has 0 fully saturated rings. The van der Waals surface area contributed by atoms with E-state index in [0.29, 0.717) is 11.7 Å². The van der Waals surface area contributed by atoms with Gasteiger partial charge in [-0.05, 0) is 12.8 Å². The number of rotatable bonds is 4. The van der Waals surface area contributed by atoms with Crippen molar-refractivity contribution in [3.63, 3.8) is 0 Å². The van der Waals surface area contributed by atoms with Gasteiger partial charge in [-0.25, -0.2) is 4.79 Å². The van der Waals surface area contributed by atoms with Gasteiger partial charge in [0.25, 0.3) is 5.56 Å². The molecule has 0 aromatic carbocycles. The van der Waals surface area contributed by atoms with Crippen molar-refractivity contribution >= 4 is 5.82 Å². The molecular formula is C13H20N4O2. The molecule has 1 aromatic heterocycles. The quantitative estimate of drug-likeness (QED) is 0.872. The fraction of sp³-hybridized carbons (Fsp3) is 0.615. The third kappa shape index (κ3) is 2.70. The van der Waals surface area contributed by atoms with Crippen molar-refractivity contribution < 1.29 is 0 Å². The third-order valence-electron chi connectivity index (χ3n) is 3.64. The summed E-state index contributed by atoms with van der Waals surface area (Å²) in [6.45, 7) is 6.11. The first kappa shape index (κ1) is 15.0. The summed E-state index contributed by atoms with van der Waals surface area (Å²) in [5, 5.41) is 12.2. The Balaban J connectivity index is 3.41. The van der Waals surface area contributed by atoms with Crippen LogP contribution in [0, 0.1) is 17.2 Å². The molecule has 2 unspecified atom stereocenters. The zero-order valence-electron chi connectivity index (χ0n) is 12.0. The predicted octanol–water partition coefficient (Wildman–Crippen LogP) is 0.802. The van der Waals surface area contributed by atoms with E-state index in [1.165, 1.54) is 11.6 Å². The van der Waals surface area contributed by atoms with Gasteiger partial charge in [0, 0.05) is 20.1 Å². The Morgan fingerprint density at radius 1 is 1.26 bits per heavy atom. The molecule has 19 heavy (non-hydrogen) atoms.